The first-order chi connectivity index (χ1) is 8.58. The highest BCUT2D eigenvalue weighted by molar-refractivity contribution is 6.31. The molecule has 1 aromatic carbocycles. The minimum Gasteiger partial charge on any atom is -0.324 e. The van der Waals surface area contributed by atoms with E-state index in [-0.39, 0.29) is 11.1 Å². The second-order valence-electron chi connectivity index (χ2n) is 4.26. The molecular formula is C14H14ClFN2. The fourth-order valence-electron chi connectivity index (χ4n) is 1.76. The van der Waals surface area contributed by atoms with Crippen molar-refractivity contribution in [1.82, 2.24) is 4.98 Å². The van der Waals surface area contributed by atoms with Gasteiger partial charge in [-0.25, -0.2) is 4.39 Å². The SMILES string of the molecule is Cc1ccc(C(N)Cc2cccc(F)c2Cl)cn1. The Morgan fingerprint density at radius 1 is 1.33 bits per heavy atom. The van der Waals surface area contributed by atoms with Crippen LogP contribution >= 0.6 is 11.6 Å². The molecule has 94 valence electrons. The lowest BCUT2D eigenvalue weighted by molar-refractivity contribution is 0.622. The molecule has 2 N–H and O–H groups in total. The summed E-state index contributed by atoms with van der Waals surface area (Å²) in [5.74, 6) is -0.414. The van der Waals surface area contributed by atoms with E-state index in [0.717, 1.165) is 11.3 Å². The largest absolute Gasteiger partial charge is 0.324 e. The summed E-state index contributed by atoms with van der Waals surface area (Å²) in [5, 5.41) is 0.146. The number of halogens is 2. The van der Waals surface area contributed by atoms with Crippen molar-refractivity contribution in [3.63, 3.8) is 0 Å². The minimum atomic E-state index is -0.414. The lowest BCUT2D eigenvalue weighted by atomic mass is 10.0. The number of hydrogen-bond donors (Lipinski definition) is 1. The molecule has 0 bridgehead atoms. The number of nitrogens with two attached hydrogens (primary N) is 1. The molecule has 4 heteroatoms. The quantitative estimate of drug-likeness (QED) is 0.923. The van der Waals surface area contributed by atoms with Gasteiger partial charge in [-0.15, -0.1) is 0 Å². The van der Waals surface area contributed by atoms with Crippen molar-refractivity contribution in [2.75, 3.05) is 0 Å². The smallest absolute Gasteiger partial charge is 0.142 e. The topological polar surface area (TPSA) is 38.9 Å². The molecule has 2 rings (SSSR count). The van der Waals surface area contributed by atoms with Crippen LogP contribution in [0.5, 0.6) is 0 Å². The van der Waals surface area contributed by atoms with Crippen molar-refractivity contribution in [3.05, 3.63) is 64.2 Å². The van der Waals surface area contributed by atoms with Crippen LogP contribution in [0.15, 0.2) is 36.5 Å². The molecule has 0 saturated heterocycles. The number of rotatable bonds is 3. The molecule has 18 heavy (non-hydrogen) atoms. The fourth-order valence-corrected chi connectivity index (χ4v) is 1.96. The summed E-state index contributed by atoms with van der Waals surface area (Å²) in [7, 11) is 0. The van der Waals surface area contributed by atoms with Crippen LogP contribution in [0.2, 0.25) is 5.02 Å². The van der Waals surface area contributed by atoms with Gasteiger partial charge >= 0.3 is 0 Å². The standard InChI is InChI=1S/C14H14ClFN2/c1-9-5-6-11(8-18-9)13(17)7-10-3-2-4-12(16)14(10)15/h2-6,8,13H,7,17H2,1H3. The van der Waals surface area contributed by atoms with Gasteiger partial charge in [0.25, 0.3) is 0 Å². The molecule has 1 atom stereocenters. The zero-order chi connectivity index (χ0) is 13.1. The first-order valence-electron chi connectivity index (χ1n) is 5.69. The molecule has 2 aromatic rings. The molecule has 0 saturated carbocycles. The molecule has 1 heterocycles. The van der Waals surface area contributed by atoms with Crippen LogP contribution in [0.4, 0.5) is 4.39 Å². The average molecular weight is 265 g/mol. The molecule has 0 aliphatic heterocycles. The number of benzene rings is 1. The van der Waals surface area contributed by atoms with Gasteiger partial charge in [0.2, 0.25) is 0 Å². The van der Waals surface area contributed by atoms with Crippen LogP contribution < -0.4 is 5.73 Å². The summed E-state index contributed by atoms with van der Waals surface area (Å²) in [5.41, 5.74) is 8.64. The third-order valence-corrected chi connectivity index (χ3v) is 3.26. The Balaban J connectivity index is 2.18. The van der Waals surface area contributed by atoms with Crippen molar-refractivity contribution in [2.24, 2.45) is 5.73 Å². The van der Waals surface area contributed by atoms with E-state index in [1.807, 2.05) is 19.1 Å². The van der Waals surface area contributed by atoms with E-state index in [1.54, 1.807) is 18.3 Å². The molecule has 1 unspecified atom stereocenters. The van der Waals surface area contributed by atoms with Gasteiger partial charge in [0.1, 0.15) is 5.82 Å². The predicted octanol–water partition coefficient (Wildman–Crippen LogP) is 3.43. The Kier molecular flexibility index (Phi) is 3.94. The van der Waals surface area contributed by atoms with Crippen LogP contribution in [0, 0.1) is 12.7 Å². The Hall–Kier alpha value is -1.45. The lowest BCUT2D eigenvalue weighted by Gasteiger charge is -2.13. The van der Waals surface area contributed by atoms with Gasteiger partial charge in [-0.05, 0) is 36.6 Å². The molecule has 0 aliphatic carbocycles. The number of aromatic nitrogens is 1. The third-order valence-electron chi connectivity index (χ3n) is 2.83. The Bertz CT molecular complexity index is 540. The molecule has 0 aliphatic rings. The minimum absolute atomic E-state index is 0.146. The van der Waals surface area contributed by atoms with Gasteiger partial charge in [-0.2, -0.15) is 0 Å². The summed E-state index contributed by atoms with van der Waals surface area (Å²) in [6, 6.07) is 8.36. The monoisotopic (exact) mass is 264 g/mol. The summed E-state index contributed by atoms with van der Waals surface area (Å²) in [6.45, 7) is 1.92. The van der Waals surface area contributed by atoms with E-state index in [4.69, 9.17) is 17.3 Å². The number of pyridine rings is 1. The van der Waals surface area contributed by atoms with Gasteiger partial charge in [-0.3, -0.25) is 4.98 Å². The second-order valence-corrected chi connectivity index (χ2v) is 4.63. The van der Waals surface area contributed by atoms with Crippen molar-refractivity contribution >= 4 is 11.6 Å². The zero-order valence-corrected chi connectivity index (χ0v) is 10.8. The van der Waals surface area contributed by atoms with Crippen molar-refractivity contribution in [2.45, 2.75) is 19.4 Å². The molecule has 0 spiro atoms. The summed E-state index contributed by atoms with van der Waals surface area (Å²) < 4.78 is 13.3. The first kappa shape index (κ1) is 13.0. The van der Waals surface area contributed by atoms with Crippen LogP contribution in [-0.2, 0) is 6.42 Å². The van der Waals surface area contributed by atoms with E-state index in [1.165, 1.54) is 6.07 Å². The van der Waals surface area contributed by atoms with E-state index < -0.39 is 5.82 Å². The lowest BCUT2D eigenvalue weighted by Crippen LogP contribution is -2.14. The van der Waals surface area contributed by atoms with E-state index in [9.17, 15) is 4.39 Å². The molecule has 0 fully saturated rings. The van der Waals surface area contributed by atoms with Gasteiger partial charge in [-0.1, -0.05) is 29.8 Å². The first-order valence-corrected chi connectivity index (χ1v) is 6.06. The number of hydrogen-bond acceptors (Lipinski definition) is 2. The molecule has 0 amide bonds. The summed E-state index contributed by atoms with van der Waals surface area (Å²) >= 11 is 5.90. The average Bonchev–Trinajstić information content (AvgIpc) is 2.36. The fraction of sp³-hybridized carbons (Fsp3) is 0.214. The van der Waals surface area contributed by atoms with Crippen LogP contribution in [0.25, 0.3) is 0 Å². The summed E-state index contributed by atoms with van der Waals surface area (Å²) in [4.78, 5) is 4.19. The molecule has 2 nitrogen and oxygen atoms in total. The van der Waals surface area contributed by atoms with Crippen molar-refractivity contribution in [3.8, 4) is 0 Å². The van der Waals surface area contributed by atoms with Gasteiger partial charge in [0.05, 0.1) is 5.02 Å². The van der Waals surface area contributed by atoms with Gasteiger partial charge in [0, 0.05) is 17.9 Å². The third kappa shape index (κ3) is 2.86. The maximum absolute atomic E-state index is 13.3. The van der Waals surface area contributed by atoms with Gasteiger partial charge in [0.15, 0.2) is 0 Å². The zero-order valence-electron chi connectivity index (χ0n) is 10.0. The number of nitrogens with zero attached hydrogens (tertiary/aromatic N) is 1. The van der Waals surface area contributed by atoms with Crippen LogP contribution in [0.3, 0.4) is 0 Å². The molecule has 1 aromatic heterocycles. The normalized spacial score (nSPS) is 12.4. The Morgan fingerprint density at radius 2 is 2.11 bits per heavy atom. The highest BCUT2D eigenvalue weighted by Crippen LogP contribution is 2.24. The molecular weight excluding hydrogens is 251 g/mol. The number of aryl methyl sites for hydroxylation is 1. The highest BCUT2D eigenvalue weighted by atomic mass is 35.5. The van der Waals surface area contributed by atoms with Crippen molar-refractivity contribution < 1.29 is 4.39 Å². The summed E-state index contributed by atoms with van der Waals surface area (Å²) in [6.07, 6.45) is 2.23. The highest BCUT2D eigenvalue weighted by Gasteiger charge is 2.12. The maximum atomic E-state index is 13.3. The molecule has 0 radical (unpaired) electrons. The van der Waals surface area contributed by atoms with E-state index in [2.05, 4.69) is 4.98 Å². The Labute approximate surface area is 111 Å². The predicted molar refractivity (Wildman–Crippen MR) is 71.0 cm³/mol. The van der Waals surface area contributed by atoms with E-state index >= 15 is 0 Å². The Morgan fingerprint density at radius 3 is 2.78 bits per heavy atom. The van der Waals surface area contributed by atoms with Crippen molar-refractivity contribution in [1.29, 1.82) is 0 Å². The maximum Gasteiger partial charge on any atom is 0.142 e. The van der Waals surface area contributed by atoms with Gasteiger partial charge < -0.3 is 5.73 Å². The van der Waals surface area contributed by atoms with Crippen LogP contribution in [0.1, 0.15) is 22.9 Å². The van der Waals surface area contributed by atoms with Crippen LogP contribution in [-0.4, -0.2) is 4.98 Å². The van der Waals surface area contributed by atoms with E-state index in [0.29, 0.717) is 12.0 Å². The second kappa shape index (κ2) is 5.46.